The molecule has 1 atom stereocenters. The Kier molecular flexibility index (Phi) is 4.47. The van der Waals surface area contributed by atoms with Crippen LogP contribution in [0, 0.1) is 30.2 Å². The standard InChI is InChI=1S/C15H13F4NO/c1-8-2-4-9(5-3-8)12(20)7-21-15-13(18)10(16)6-11(17)14(15)19/h2-6,12H,7,20H2,1H3. The van der Waals surface area contributed by atoms with Crippen LogP contribution in [-0.4, -0.2) is 6.61 Å². The fourth-order valence-corrected chi connectivity index (χ4v) is 1.76. The maximum absolute atomic E-state index is 13.4. The summed E-state index contributed by atoms with van der Waals surface area (Å²) in [5, 5.41) is 0. The molecule has 0 spiro atoms. The van der Waals surface area contributed by atoms with E-state index in [0.717, 1.165) is 5.56 Å². The third-order valence-electron chi connectivity index (χ3n) is 2.98. The molecule has 0 saturated carbocycles. The van der Waals surface area contributed by atoms with Gasteiger partial charge in [0, 0.05) is 6.07 Å². The van der Waals surface area contributed by atoms with Crippen molar-refractivity contribution in [2.45, 2.75) is 13.0 Å². The van der Waals surface area contributed by atoms with Crippen molar-refractivity contribution < 1.29 is 22.3 Å². The van der Waals surface area contributed by atoms with E-state index in [9.17, 15) is 17.6 Å². The molecule has 21 heavy (non-hydrogen) atoms. The van der Waals surface area contributed by atoms with Gasteiger partial charge >= 0.3 is 0 Å². The normalized spacial score (nSPS) is 12.3. The van der Waals surface area contributed by atoms with Crippen LogP contribution in [0.5, 0.6) is 5.75 Å². The Morgan fingerprint density at radius 2 is 1.52 bits per heavy atom. The minimum atomic E-state index is -1.58. The molecule has 0 bridgehead atoms. The van der Waals surface area contributed by atoms with Gasteiger partial charge in [0.25, 0.3) is 0 Å². The summed E-state index contributed by atoms with van der Waals surface area (Å²) in [6.07, 6.45) is 0. The van der Waals surface area contributed by atoms with E-state index in [4.69, 9.17) is 10.5 Å². The van der Waals surface area contributed by atoms with Gasteiger partial charge in [-0.2, -0.15) is 8.78 Å². The number of halogens is 4. The van der Waals surface area contributed by atoms with Gasteiger partial charge in [0.05, 0.1) is 6.04 Å². The molecule has 2 aromatic rings. The van der Waals surface area contributed by atoms with Gasteiger partial charge in [0.2, 0.25) is 11.6 Å². The average molecular weight is 299 g/mol. The van der Waals surface area contributed by atoms with Gasteiger partial charge in [-0.15, -0.1) is 0 Å². The SMILES string of the molecule is Cc1ccc(C(N)COc2c(F)c(F)cc(F)c2F)cc1. The minimum Gasteiger partial charge on any atom is -0.485 e. The topological polar surface area (TPSA) is 35.2 Å². The molecule has 2 aromatic carbocycles. The molecule has 112 valence electrons. The molecule has 0 aliphatic carbocycles. The van der Waals surface area contributed by atoms with Crippen molar-refractivity contribution in [2.75, 3.05) is 6.61 Å². The number of benzene rings is 2. The fraction of sp³-hybridized carbons (Fsp3) is 0.200. The number of ether oxygens (including phenoxy) is 1. The van der Waals surface area contributed by atoms with Crippen LogP contribution in [0.15, 0.2) is 30.3 Å². The van der Waals surface area contributed by atoms with Crippen LogP contribution < -0.4 is 10.5 Å². The molecule has 0 amide bonds. The van der Waals surface area contributed by atoms with Gasteiger partial charge in [-0.05, 0) is 12.5 Å². The number of hydrogen-bond acceptors (Lipinski definition) is 2. The van der Waals surface area contributed by atoms with Gasteiger partial charge in [-0.25, -0.2) is 8.78 Å². The van der Waals surface area contributed by atoms with Gasteiger partial charge < -0.3 is 10.5 Å². The first-order valence-corrected chi connectivity index (χ1v) is 6.18. The van der Waals surface area contributed by atoms with Gasteiger partial charge in [-0.1, -0.05) is 29.8 Å². The van der Waals surface area contributed by atoms with E-state index in [2.05, 4.69) is 0 Å². The average Bonchev–Trinajstić information content (AvgIpc) is 2.45. The predicted octanol–water partition coefficient (Wildman–Crippen LogP) is 3.63. The molecule has 0 heterocycles. The molecule has 0 radical (unpaired) electrons. The first-order chi connectivity index (χ1) is 9.90. The molecule has 0 aromatic heterocycles. The van der Waals surface area contributed by atoms with E-state index >= 15 is 0 Å². The lowest BCUT2D eigenvalue weighted by Gasteiger charge is -2.15. The summed E-state index contributed by atoms with van der Waals surface area (Å²) in [5.74, 6) is -7.30. The molecule has 6 heteroatoms. The highest BCUT2D eigenvalue weighted by Gasteiger charge is 2.21. The highest BCUT2D eigenvalue weighted by atomic mass is 19.2. The molecule has 1 unspecified atom stereocenters. The number of nitrogens with two attached hydrogens (primary N) is 1. The maximum Gasteiger partial charge on any atom is 0.203 e. The summed E-state index contributed by atoms with van der Waals surface area (Å²) < 4.78 is 57.7. The van der Waals surface area contributed by atoms with Crippen molar-refractivity contribution in [3.05, 3.63) is 64.7 Å². The van der Waals surface area contributed by atoms with Crippen LogP contribution in [0.4, 0.5) is 17.6 Å². The first-order valence-electron chi connectivity index (χ1n) is 6.18. The molecule has 0 aliphatic rings. The lowest BCUT2D eigenvalue weighted by Crippen LogP contribution is -2.20. The largest absolute Gasteiger partial charge is 0.485 e. The molecule has 2 rings (SSSR count). The van der Waals surface area contributed by atoms with E-state index in [1.165, 1.54) is 0 Å². The zero-order valence-corrected chi connectivity index (χ0v) is 11.2. The Labute approximate surface area is 119 Å². The smallest absolute Gasteiger partial charge is 0.203 e. The Morgan fingerprint density at radius 3 is 2.05 bits per heavy atom. The summed E-state index contributed by atoms with van der Waals surface area (Å²) in [5.41, 5.74) is 7.51. The predicted molar refractivity (Wildman–Crippen MR) is 69.9 cm³/mol. The third-order valence-corrected chi connectivity index (χ3v) is 2.98. The van der Waals surface area contributed by atoms with Crippen LogP contribution >= 0.6 is 0 Å². The van der Waals surface area contributed by atoms with E-state index in [1.807, 2.05) is 19.1 Å². The van der Waals surface area contributed by atoms with Crippen molar-refractivity contribution in [3.63, 3.8) is 0 Å². The molecule has 2 nitrogen and oxygen atoms in total. The van der Waals surface area contributed by atoms with Crippen LogP contribution in [0.3, 0.4) is 0 Å². The van der Waals surface area contributed by atoms with Crippen LogP contribution in [-0.2, 0) is 0 Å². The highest BCUT2D eigenvalue weighted by Crippen LogP contribution is 2.27. The second kappa shape index (κ2) is 6.13. The van der Waals surface area contributed by atoms with Crippen molar-refractivity contribution in [1.82, 2.24) is 0 Å². The lowest BCUT2D eigenvalue weighted by molar-refractivity contribution is 0.253. The number of aryl methyl sites for hydroxylation is 1. The summed E-state index contributed by atoms with van der Waals surface area (Å²) >= 11 is 0. The Bertz CT molecular complexity index is 617. The number of hydrogen-bond donors (Lipinski definition) is 1. The fourth-order valence-electron chi connectivity index (χ4n) is 1.76. The molecule has 0 fully saturated rings. The van der Waals surface area contributed by atoms with Gasteiger partial charge in [-0.3, -0.25) is 0 Å². The first kappa shape index (κ1) is 15.3. The minimum absolute atomic E-state index is 0.122. The summed E-state index contributed by atoms with van der Waals surface area (Å²) in [6, 6.07) is 6.55. The monoisotopic (exact) mass is 299 g/mol. The molecule has 0 saturated heterocycles. The van der Waals surface area contributed by atoms with Crippen LogP contribution in [0.25, 0.3) is 0 Å². The Morgan fingerprint density at radius 1 is 1.00 bits per heavy atom. The zero-order chi connectivity index (χ0) is 15.6. The van der Waals surface area contributed by atoms with Crippen molar-refractivity contribution in [2.24, 2.45) is 5.73 Å². The van der Waals surface area contributed by atoms with Crippen molar-refractivity contribution >= 4 is 0 Å². The van der Waals surface area contributed by atoms with Crippen molar-refractivity contribution in [3.8, 4) is 5.75 Å². The molecular weight excluding hydrogens is 286 g/mol. The molecule has 0 aliphatic heterocycles. The summed E-state index contributed by atoms with van der Waals surface area (Å²) in [4.78, 5) is 0. The number of rotatable bonds is 4. The Hall–Kier alpha value is -2.08. The second-order valence-corrected chi connectivity index (χ2v) is 4.63. The van der Waals surface area contributed by atoms with E-state index in [-0.39, 0.29) is 12.7 Å². The molecule has 2 N–H and O–H groups in total. The zero-order valence-electron chi connectivity index (χ0n) is 11.2. The van der Waals surface area contributed by atoms with E-state index < -0.39 is 35.1 Å². The third kappa shape index (κ3) is 3.33. The second-order valence-electron chi connectivity index (χ2n) is 4.63. The van der Waals surface area contributed by atoms with Crippen LogP contribution in [0.1, 0.15) is 17.2 Å². The quantitative estimate of drug-likeness (QED) is 0.691. The maximum atomic E-state index is 13.4. The van der Waals surface area contributed by atoms with Crippen molar-refractivity contribution in [1.29, 1.82) is 0 Å². The highest BCUT2D eigenvalue weighted by molar-refractivity contribution is 5.29. The molecular formula is C15H13F4NO. The van der Waals surface area contributed by atoms with Gasteiger partial charge in [0.15, 0.2) is 17.4 Å². The van der Waals surface area contributed by atoms with E-state index in [0.29, 0.717) is 5.56 Å². The lowest BCUT2D eigenvalue weighted by atomic mass is 10.1. The Balaban J connectivity index is 2.15. The summed E-state index contributed by atoms with van der Waals surface area (Å²) in [6.45, 7) is 1.58. The van der Waals surface area contributed by atoms with Crippen LogP contribution in [0.2, 0.25) is 0 Å². The van der Waals surface area contributed by atoms with Gasteiger partial charge in [0.1, 0.15) is 6.61 Å². The summed E-state index contributed by atoms with van der Waals surface area (Å²) in [7, 11) is 0. The van der Waals surface area contributed by atoms with E-state index in [1.54, 1.807) is 12.1 Å².